The Morgan fingerprint density at radius 2 is 1.78 bits per heavy atom. The van der Waals surface area contributed by atoms with Gasteiger partial charge in [-0.25, -0.2) is 4.58 Å². The van der Waals surface area contributed by atoms with Crippen LogP contribution in [0.1, 0.15) is 25.7 Å². The lowest BCUT2D eigenvalue weighted by Gasteiger charge is -2.32. The molecule has 2 heterocycles. The molecule has 1 saturated carbocycles. The molecular formula is C8H14N+. The van der Waals surface area contributed by atoms with Gasteiger partial charge >= 0.3 is 0 Å². The summed E-state index contributed by atoms with van der Waals surface area (Å²) in [4.78, 5) is 0. The van der Waals surface area contributed by atoms with Crippen molar-refractivity contribution in [3.8, 4) is 0 Å². The van der Waals surface area contributed by atoms with Gasteiger partial charge in [-0.15, -0.1) is 0 Å². The predicted molar refractivity (Wildman–Crippen MR) is 38.0 cm³/mol. The van der Waals surface area contributed by atoms with Crippen molar-refractivity contribution >= 4 is 6.72 Å². The Kier molecular flexibility index (Phi) is 1.11. The van der Waals surface area contributed by atoms with Gasteiger partial charge in [0.05, 0.1) is 0 Å². The van der Waals surface area contributed by atoms with Gasteiger partial charge in [0.15, 0.2) is 6.04 Å². The zero-order valence-electron chi connectivity index (χ0n) is 5.84. The fourth-order valence-electron chi connectivity index (χ4n) is 2.17. The normalized spacial score (nSPS) is 41.6. The van der Waals surface area contributed by atoms with Crippen LogP contribution in [-0.4, -0.2) is 23.9 Å². The van der Waals surface area contributed by atoms with Crippen LogP contribution in [0.25, 0.3) is 0 Å². The lowest BCUT2D eigenvalue weighted by atomic mass is 9.81. The Hall–Kier alpha value is -0.330. The van der Waals surface area contributed by atoms with Crippen LogP contribution in [-0.2, 0) is 0 Å². The maximum atomic E-state index is 4.01. The van der Waals surface area contributed by atoms with Crippen molar-refractivity contribution in [3.05, 3.63) is 0 Å². The SMILES string of the molecule is C=[N+]1CC2CCC1CC2. The van der Waals surface area contributed by atoms with Crippen LogP contribution in [0.2, 0.25) is 0 Å². The molecule has 9 heavy (non-hydrogen) atoms. The van der Waals surface area contributed by atoms with Crippen molar-refractivity contribution in [1.82, 2.24) is 0 Å². The Balaban J connectivity index is 2.15. The van der Waals surface area contributed by atoms with E-state index in [4.69, 9.17) is 0 Å². The molecule has 1 heteroatoms. The predicted octanol–water partition coefficient (Wildman–Crippen LogP) is 1.27. The molecule has 0 amide bonds. The van der Waals surface area contributed by atoms with Crippen LogP contribution in [0.15, 0.2) is 0 Å². The highest BCUT2D eigenvalue weighted by Crippen LogP contribution is 2.31. The molecule has 1 aliphatic carbocycles. The number of fused-ring (bicyclic) bond motifs is 3. The van der Waals surface area contributed by atoms with Gasteiger partial charge in [0.1, 0.15) is 13.3 Å². The Bertz CT molecular complexity index is 132. The van der Waals surface area contributed by atoms with Crippen molar-refractivity contribution in [2.45, 2.75) is 31.7 Å². The Morgan fingerprint density at radius 1 is 1.11 bits per heavy atom. The van der Waals surface area contributed by atoms with Crippen molar-refractivity contribution in [1.29, 1.82) is 0 Å². The summed E-state index contributed by atoms with van der Waals surface area (Å²) >= 11 is 0. The quantitative estimate of drug-likeness (QED) is 0.428. The first kappa shape index (κ1) is 5.45. The minimum Gasteiger partial charge on any atom is -0.239 e. The largest absolute Gasteiger partial charge is 0.239 e. The average Bonchev–Trinajstić information content (AvgIpc) is 1.90. The van der Waals surface area contributed by atoms with Crippen molar-refractivity contribution in [2.75, 3.05) is 6.54 Å². The topological polar surface area (TPSA) is 3.01 Å². The number of piperidine rings is 2. The smallest absolute Gasteiger partial charge is 0.152 e. The number of hydrogen-bond donors (Lipinski definition) is 0. The van der Waals surface area contributed by atoms with E-state index in [1.165, 1.54) is 32.2 Å². The van der Waals surface area contributed by atoms with Gasteiger partial charge in [-0.1, -0.05) is 0 Å². The highest BCUT2D eigenvalue weighted by atomic mass is 15.0. The molecule has 50 valence electrons. The van der Waals surface area contributed by atoms with Gasteiger partial charge in [-0.2, -0.15) is 0 Å². The first-order valence-electron chi connectivity index (χ1n) is 3.93. The second-order valence-corrected chi connectivity index (χ2v) is 3.45. The summed E-state index contributed by atoms with van der Waals surface area (Å²) in [5.41, 5.74) is 0. The van der Waals surface area contributed by atoms with E-state index in [2.05, 4.69) is 11.3 Å². The van der Waals surface area contributed by atoms with E-state index in [9.17, 15) is 0 Å². The molecule has 0 aromatic heterocycles. The van der Waals surface area contributed by atoms with Gasteiger partial charge in [0, 0.05) is 18.8 Å². The van der Waals surface area contributed by atoms with Crippen LogP contribution in [0.4, 0.5) is 0 Å². The highest BCUT2D eigenvalue weighted by Gasteiger charge is 2.35. The van der Waals surface area contributed by atoms with E-state index in [1.807, 2.05) is 0 Å². The molecule has 0 atom stereocenters. The fraction of sp³-hybridized carbons (Fsp3) is 0.875. The summed E-state index contributed by atoms with van der Waals surface area (Å²) in [7, 11) is 0. The Labute approximate surface area is 56.4 Å². The van der Waals surface area contributed by atoms with Crippen molar-refractivity contribution in [3.63, 3.8) is 0 Å². The van der Waals surface area contributed by atoms with E-state index >= 15 is 0 Å². The van der Waals surface area contributed by atoms with Crippen molar-refractivity contribution < 1.29 is 4.58 Å². The van der Waals surface area contributed by atoms with Gasteiger partial charge in [-0.3, -0.25) is 0 Å². The van der Waals surface area contributed by atoms with E-state index in [-0.39, 0.29) is 0 Å². The second kappa shape index (κ2) is 1.83. The van der Waals surface area contributed by atoms with Gasteiger partial charge < -0.3 is 0 Å². The summed E-state index contributed by atoms with van der Waals surface area (Å²) in [6, 6.07) is 0.843. The molecule has 0 radical (unpaired) electrons. The minimum atomic E-state index is 0.843. The first-order valence-corrected chi connectivity index (χ1v) is 3.93. The van der Waals surface area contributed by atoms with Gasteiger partial charge in [0.2, 0.25) is 0 Å². The highest BCUT2D eigenvalue weighted by molar-refractivity contribution is 5.15. The van der Waals surface area contributed by atoms with Gasteiger partial charge in [0.25, 0.3) is 0 Å². The van der Waals surface area contributed by atoms with Crippen LogP contribution in [0.5, 0.6) is 0 Å². The fourth-order valence-corrected chi connectivity index (χ4v) is 2.17. The molecule has 2 bridgehead atoms. The zero-order valence-corrected chi connectivity index (χ0v) is 5.84. The van der Waals surface area contributed by atoms with Crippen LogP contribution in [0.3, 0.4) is 0 Å². The summed E-state index contributed by atoms with van der Waals surface area (Å²) in [5, 5.41) is 0. The third-order valence-electron chi connectivity index (χ3n) is 2.83. The lowest BCUT2D eigenvalue weighted by molar-refractivity contribution is -0.589. The van der Waals surface area contributed by atoms with Crippen LogP contribution in [0, 0.1) is 5.92 Å². The van der Waals surface area contributed by atoms with Crippen LogP contribution >= 0.6 is 0 Å². The van der Waals surface area contributed by atoms with Crippen molar-refractivity contribution in [2.24, 2.45) is 5.92 Å². The minimum absolute atomic E-state index is 0.843. The molecule has 0 N–H and O–H groups in total. The molecule has 3 aliphatic rings. The number of nitrogens with zero attached hydrogens (tertiary/aromatic N) is 1. The lowest BCUT2D eigenvalue weighted by Crippen LogP contribution is -2.40. The van der Waals surface area contributed by atoms with E-state index in [1.54, 1.807) is 0 Å². The molecule has 2 aliphatic heterocycles. The molecule has 2 saturated heterocycles. The molecule has 3 rings (SSSR count). The molecule has 0 spiro atoms. The van der Waals surface area contributed by atoms with Crippen LogP contribution < -0.4 is 0 Å². The summed E-state index contributed by atoms with van der Waals surface area (Å²) in [5.74, 6) is 0.993. The number of hydrogen-bond acceptors (Lipinski definition) is 0. The average molecular weight is 124 g/mol. The standard InChI is InChI=1S/C8H14N/c1-9-6-7-2-4-8(9)5-3-7/h7-8H,1-6H2/q+1. The summed E-state index contributed by atoms with van der Waals surface area (Å²) < 4.78 is 2.29. The number of rotatable bonds is 0. The molecule has 3 fully saturated rings. The van der Waals surface area contributed by atoms with E-state index < -0.39 is 0 Å². The third-order valence-corrected chi connectivity index (χ3v) is 2.83. The third kappa shape index (κ3) is 0.790. The molecule has 0 unspecified atom stereocenters. The van der Waals surface area contributed by atoms with E-state index in [0.717, 1.165) is 12.0 Å². The summed E-state index contributed by atoms with van der Waals surface area (Å²) in [6.45, 7) is 5.28. The molecule has 0 aromatic carbocycles. The van der Waals surface area contributed by atoms with Gasteiger partial charge in [-0.05, 0) is 12.8 Å². The first-order chi connectivity index (χ1) is 4.36. The second-order valence-electron chi connectivity index (χ2n) is 3.45. The molecule has 0 aromatic rings. The summed E-state index contributed by atoms with van der Waals surface area (Å²) in [6.07, 6.45) is 5.76. The Morgan fingerprint density at radius 3 is 2.00 bits per heavy atom. The van der Waals surface area contributed by atoms with E-state index in [0.29, 0.717) is 0 Å². The molecular weight excluding hydrogens is 110 g/mol. The maximum Gasteiger partial charge on any atom is 0.152 e. The maximum absolute atomic E-state index is 4.01. The zero-order chi connectivity index (χ0) is 6.27. The molecule has 1 nitrogen and oxygen atoms in total. The monoisotopic (exact) mass is 124 g/mol.